The third-order valence-corrected chi connectivity index (χ3v) is 9.48. The van der Waals surface area contributed by atoms with E-state index < -0.39 is 24.3 Å². The number of ether oxygens (including phenoxy) is 1. The van der Waals surface area contributed by atoms with Gasteiger partial charge in [-0.3, -0.25) is 0 Å². The number of carbonyl (C=O) groups excluding carboxylic acids is 1. The SMILES string of the molecule is CSc1ccc(-c2ccc([C@@H](Oc3cc(N4CCC5(CC4)CNC(C(=O)[O-])C5)nc(N)n3)C(F)(F)F)c(-n3ccc(C)n3)c2)cc1. The molecule has 4 aromatic rings. The van der Waals surface area contributed by atoms with Gasteiger partial charge in [-0.05, 0) is 73.2 Å². The number of piperidine rings is 1. The van der Waals surface area contributed by atoms with Crippen LogP contribution in [0.1, 0.15) is 36.6 Å². The average Bonchev–Trinajstić information content (AvgIpc) is 3.66. The van der Waals surface area contributed by atoms with Crippen LogP contribution in [-0.4, -0.2) is 63.8 Å². The van der Waals surface area contributed by atoms with E-state index in [1.165, 1.54) is 16.8 Å². The summed E-state index contributed by atoms with van der Waals surface area (Å²) in [5, 5.41) is 18.8. The van der Waals surface area contributed by atoms with Crippen LogP contribution >= 0.6 is 11.8 Å². The van der Waals surface area contributed by atoms with Crippen molar-refractivity contribution < 1.29 is 27.8 Å². The fourth-order valence-electron chi connectivity index (χ4n) is 6.23. The third-order valence-electron chi connectivity index (χ3n) is 8.74. The number of hydrogen-bond donors (Lipinski definition) is 2. The smallest absolute Gasteiger partial charge is 0.429 e. The van der Waals surface area contributed by atoms with Crippen LogP contribution in [-0.2, 0) is 4.79 Å². The molecule has 0 radical (unpaired) electrons. The first-order chi connectivity index (χ1) is 21.9. The van der Waals surface area contributed by atoms with Gasteiger partial charge in [0.15, 0.2) is 0 Å². The van der Waals surface area contributed by atoms with Gasteiger partial charge < -0.3 is 30.6 Å². The number of nitrogens with one attached hydrogen (secondary N) is 1. The molecular formula is C32H33F3N7O3S-. The minimum Gasteiger partial charge on any atom is -0.548 e. The van der Waals surface area contributed by atoms with E-state index in [0.717, 1.165) is 16.0 Å². The quantitative estimate of drug-likeness (QED) is 0.265. The minimum atomic E-state index is -4.82. The summed E-state index contributed by atoms with van der Waals surface area (Å²) >= 11 is 1.60. The Bertz CT molecular complexity index is 1720. The van der Waals surface area contributed by atoms with Gasteiger partial charge in [-0.2, -0.15) is 28.2 Å². The number of benzene rings is 2. The molecule has 1 unspecified atom stereocenters. The van der Waals surface area contributed by atoms with E-state index in [9.17, 15) is 23.1 Å². The number of aromatic nitrogens is 4. The van der Waals surface area contributed by atoms with Crippen LogP contribution in [0.25, 0.3) is 16.8 Å². The predicted molar refractivity (Wildman–Crippen MR) is 167 cm³/mol. The summed E-state index contributed by atoms with van der Waals surface area (Å²) < 4.78 is 51.5. The fraction of sp³-hybridized carbons (Fsp3) is 0.375. The lowest BCUT2D eigenvalue weighted by Gasteiger charge is -2.39. The topological polar surface area (TPSA) is 134 Å². The normalized spacial score (nSPS) is 18.5. The summed E-state index contributed by atoms with van der Waals surface area (Å²) in [6.07, 6.45) is -1.81. The number of thioether (sulfide) groups is 1. The van der Waals surface area contributed by atoms with Crippen molar-refractivity contribution >= 4 is 29.5 Å². The summed E-state index contributed by atoms with van der Waals surface area (Å²) in [5.41, 5.74) is 8.07. The zero-order valence-electron chi connectivity index (χ0n) is 25.3. The number of aryl methyl sites for hydroxylation is 1. The van der Waals surface area contributed by atoms with Gasteiger partial charge in [-0.15, -0.1) is 11.8 Å². The summed E-state index contributed by atoms with van der Waals surface area (Å²) in [4.78, 5) is 22.6. The predicted octanol–water partition coefficient (Wildman–Crippen LogP) is 4.32. The van der Waals surface area contributed by atoms with Crippen molar-refractivity contribution in [2.24, 2.45) is 5.41 Å². The van der Waals surface area contributed by atoms with Gasteiger partial charge in [-0.25, -0.2) is 4.68 Å². The molecule has 1 spiro atoms. The van der Waals surface area contributed by atoms with Crippen LogP contribution in [0, 0.1) is 12.3 Å². The number of alkyl halides is 3. The van der Waals surface area contributed by atoms with Gasteiger partial charge in [0.05, 0.1) is 17.4 Å². The van der Waals surface area contributed by atoms with Crippen LogP contribution in [0.4, 0.5) is 24.9 Å². The lowest BCUT2D eigenvalue weighted by molar-refractivity contribution is -0.308. The molecule has 2 aromatic heterocycles. The monoisotopic (exact) mass is 652 g/mol. The first-order valence-corrected chi connectivity index (χ1v) is 16.0. The molecule has 14 heteroatoms. The number of nitrogen functional groups attached to an aromatic ring is 1. The molecule has 46 heavy (non-hydrogen) atoms. The summed E-state index contributed by atoms with van der Waals surface area (Å²) in [6.45, 7) is 3.36. The van der Waals surface area contributed by atoms with Crippen molar-refractivity contribution in [2.75, 3.05) is 36.5 Å². The van der Waals surface area contributed by atoms with E-state index in [-0.39, 0.29) is 28.5 Å². The van der Waals surface area contributed by atoms with Crippen molar-refractivity contribution in [3.8, 4) is 22.7 Å². The van der Waals surface area contributed by atoms with Gasteiger partial charge in [0, 0.05) is 48.4 Å². The Kier molecular flexibility index (Phi) is 8.59. The molecular weight excluding hydrogens is 619 g/mol. The number of halogens is 3. The fourth-order valence-corrected chi connectivity index (χ4v) is 6.64. The van der Waals surface area contributed by atoms with Crippen LogP contribution < -0.4 is 25.8 Å². The van der Waals surface area contributed by atoms with Crippen molar-refractivity contribution in [1.29, 1.82) is 0 Å². The van der Waals surface area contributed by atoms with Crippen LogP contribution in [0.3, 0.4) is 0 Å². The van der Waals surface area contributed by atoms with Crippen LogP contribution in [0.5, 0.6) is 5.88 Å². The second-order valence-corrected chi connectivity index (χ2v) is 12.7. The molecule has 0 saturated carbocycles. The van der Waals surface area contributed by atoms with Crippen LogP contribution in [0.15, 0.2) is 65.7 Å². The van der Waals surface area contributed by atoms with Gasteiger partial charge in [0.25, 0.3) is 0 Å². The van der Waals surface area contributed by atoms with E-state index >= 15 is 0 Å². The van der Waals surface area contributed by atoms with E-state index in [0.29, 0.717) is 50.4 Å². The van der Waals surface area contributed by atoms with Gasteiger partial charge in [-0.1, -0.05) is 24.3 Å². The standard InChI is InChI=1S/C32H34F3N7O3S/c1-19-9-12-42(40-19)25-15-21(20-3-6-22(46-2)7-4-20)5-8-23(25)28(32(33,34)35)45-27-16-26(38-30(36)39-27)41-13-10-31(11-14-41)17-24(29(43)44)37-18-31/h3-9,12,15-16,24,28,37H,10-11,13-14,17-18H2,1-2H3,(H,43,44)(H2,36,38,39)/p-1/t24?,28-/m1/s1. The van der Waals surface area contributed by atoms with E-state index in [1.807, 2.05) is 35.4 Å². The molecule has 242 valence electrons. The average molecular weight is 653 g/mol. The lowest BCUT2D eigenvalue weighted by atomic mass is 9.76. The Morgan fingerprint density at radius 3 is 2.43 bits per heavy atom. The van der Waals surface area contributed by atoms with Gasteiger partial charge in [0.2, 0.25) is 17.9 Å². The number of nitrogens with zero attached hydrogens (tertiary/aromatic N) is 5. The highest BCUT2D eigenvalue weighted by Gasteiger charge is 2.45. The number of carboxylic acids is 1. The molecule has 6 rings (SSSR count). The number of rotatable bonds is 8. The minimum absolute atomic E-state index is 0.144. The number of carbonyl (C=O) groups is 1. The van der Waals surface area contributed by atoms with Crippen LogP contribution in [0.2, 0.25) is 0 Å². The first-order valence-electron chi connectivity index (χ1n) is 14.8. The van der Waals surface area contributed by atoms with E-state index in [4.69, 9.17) is 10.5 Å². The maximum Gasteiger partial charge on any atom is 0.429 e. The summed E-state index contributed by atoms with van der Waals surface area (Å²) in [6, 6.07) is 14.9. The van der Waals surface area contributed by atoms with Crippen molar-refractivity contribution in [3.63, 3.8) is 0 Å². The number of anilines is 2. The molecule has 0 bridgehead atoms. The third kappa shape index (κ3) is 6.63. The lowest BCUT2D eigenvalue weighted by Crippen LogP contribution is -2.42. The largest absolute Gasteiger partial charge is 0.548 e. The highest BCUT2D eigenvalue weighted by Crippen LogP contribution is 2.42. The molecule has 3 N–H and O–H groups in total. The highest BCUT2D eigenvalue weighted by molar-refractivity contribution is 7.98. The molecule has 2 aromatic carbocycles. The Labute approximate surface area is 268 Å². The Morgan fingerprint density at radius 2 is 1.83 bits per heavy atom. The second-order valence-electron chi connectivity index (χ2n) is 11.8. The van der Waals surface area contributed by atoms with Crippen molar-refractivity contribution in [1.82, 2.24) is 25.1 Å². The maximum absolute atomic E-state index is 14.8. The Balaban J connectivity index is 1.30. The van der Waals surface area contributed by atoms with Crippen molar-refractivity contribution in [2.45, 2.75) is 49.4 Å². The molecule has 10 nitrogen and oxygen atoms in total. The van der Waals surface area contributed by atoms with Gasteiger partial charge >= 0.3 is 6.18 Å². The molecule has 0 aliphatic carbocycles. The molecule has 2 aliphatic heterocycles. The van der Waals surface area contributed by atoms with E-state index in [2.05, 4.69) is 20.4 Å². The Morgan fingerprint density at radius 1 is 1.11 bits per heavy atom. The zero-order chi connectivity index (χ0) is 32.6. The summed E-state index contributed by atoms with van der Waals surface area (Å²) in [5.74, 6) is -1.31. The number of carboxylic acid groups (broad SMARTS) is 1. The molecule has 2 aliphatic rings. The number of aliphatic carboxylic acids is 1. The zero-order valence-corrected chi connectivity index (χ0v) is 26.1. The first kappa shape index (κ1) is 31.7. The molecule has 2 atom stereocenters. The molecule has 2 saturated heterocycles. The highest BCUT2D eigenvalue weighted by atomic mass is 32.2. The number of nitrogens with two attached hydrogens (primary N) is 1. The number of hydrogen-bond acceptors (Lipinski definition) is 10. The Hall–Kier alpha value is -4.30. The summed E-state index contributed by atoms with van der Waals surface area (Å²) in [7, 11) is 0. The van der Waals surface area contributed by atoms with E-state index in [1.54, 1.807) is 43.1 Å². The molecule has 2 fully saturated rings. The molecule has 0 amide bonds. The maximum atomic E-state index is 14.8. The van der Waals surface area contributed by atoms with Gasteiger partial charge in [0.1, 0.15) is 5.82 Å². The molecule has 4 heterocycles. The second kappa shape index (κ2) is 12.5. The van der Waals surface area contributed by atoms with Crippen molar-refractivity contribution in [3.05, 3.63) is 72.1 Å².